The quantitative estimate of drug-likeness (QED) is 0.528. The van der Waals surface area contributed by atoms with Crippen LogP contribution in [-0.4, -0.2) is 22.9 Å². The Morgan fingerprint density at radius 1 is 1.04 bits per heavy atom. The first-order chi connectivity index (χ1) is 12.1. The van der Waals surface area contributed by atoms with Gasteiger partial charge in [0.25, 0.3) is 5.56 Å². The van der Waals surface area contributed by atoms with Crippen LogP contribution in [0.5, 0.6) is 11.5 Å². The first kappa shape index (κ1) is 16.7. The summed E-state index contributed by atoms with van der Waals surface area (Å²) in [6, 6.07) is 13.6. The van der Waals surface area contributed by atoms with E-state index in [9.17, 15) is 9.59 Å². The number of ether oxygens (including phenoxy) is 2. The number of benzene rings is 2. The largest absolute Gasteiger partial charge is 0.497 e. The fraction of sp³-hybridized carbons (Fsp3) is 0.211. The number of rotatable bonds is 5. The Morgan fingerprint density at radius 2 is 1.68 bits per heavy atom. The first-order valence-electron chi connectivity index (χ1n) is 8.00. The van der Waals surface area contributed by atoms with Gasteiger partial charge in [0, 0.05) is 11.9 Å². The Hall–Kier alpha value is -3.15. The van der Waals surface area contributed by atoms with Gasteiger partial charge in [0.15, 0.2) is 5.69 Å². The summed E-state index contributed by atoms with van der Waals surface area (Å²) in [6.07, 6.45) is 0.734. The lowest BCUT2D eigenvalue weighted by molar-refractivity contribution is 0.0728. The molecule has 0 N–H and O–H groups in total. The minimum absolute atomic E-state index is 0.125. The standard InChI is InChI=1S/C19H18N2O4/c1-3-12-21-18(22)16-7-5-4-6-15(16)17(20-21)19(23)25-14-10-8-13(24-2)9-11-14/h4-11H,3,12H2,1-2H3. The van der Waals surface area contributed by atoms with Gasteiger partial charge in [-0.3, -0.25) is 4.79 Å². The summed E-state index contributed by atoms with van der Waals surface area (Å²) in [6.45, 7) is 2.38. The summed E-state index contributed by atoms with van der Waals surface area (Å²) in [5.41, 5.74) is -0.0853. The molecule has 3 rings (SSSR count). The Labute approximate surface area is 144 Å². The fourth-order valence-corrected chi connectivity index (χ4v) is 2.55. The van der Waals surface area contributed by atoms with Crippen LogP contribution in [0.3, 0.4) is 0 Å². The summed E-state index contributed by atoms with van der Waals surface area (Å²) in [5, 5.41) is 5.16. The third-order valence-electron chi connectivity index (χ3n) is 3.77. The third kappa shape index (κ3) is 3.38. The van der Waals surface area contributed by atoms with Crippen molar-refractivity contribution in [3.63, 3.8) is 0 Å². The number of aryl methyl sites for hydroxylation is 1. The van der Waals surface area contributed by atoms with Crippen molar-refractivity contribution in [3.05, 3.63) is 64.6 Å². The van der Waals surface area contributed by atoms with E-state index in [1.54, 1.807) is 55.6 Å². The lowest BCUT2D eigenvalue weighted by Gasteiger charge is -2.10. The summed E-state index contributed by atoms with van der Waals surface area (Å²) >= 11 is 0. The number of methoxy groups -OCH3 is 1. The smallest absolute Gasteiger partial charge is 0.364 e. The number of hydrogen-bond acceptors (Lipinski definition) is 5. The third-order valence-corrected chi connectivity index (χ3v) is 3.77. The molecule has 3 aromatic rings. The summed E-state index contributed by atoms with van der Waals surface area (Å²) in [7, 11) is 1.56. The minimum atomic E-state index is -0.605. The van der Waals surface area contributed by atoms with Crippen molar-refractivity contribution in [2.75, 3.05) is 7.11 Å². The molecule has 1 heterocycles. The molecular weight excluding hydrogens is 320 g/mol. The molecule has 0 saturated carbocycles. The molecule has 0 bridgehead atoms. The molecule has 6 nitrogen and oxygen atoms in total. The highest BCUT2D eigenvalue weighted by Gasteiger charge is 2.18. The molecule has 0 fully saturated rings. The maximum absolute atomic E-state index is 12.6. The predicted octanol–water partition coefficient (Wildman–Crippen LogP) is 3.03. The van der Waals surface area contributed by atoms with Gasteiger partial charge in [-0.25, -0.2) is 9.48 Å². The molecule has 0 amide bonds. The van der Waals surface area contributed by atoms with Crippen LogP contribution < -0.4 is 15.0 Å². The monoisotopic (exact) mass is 338 g/mol. The lowest BCUT2D eigenvalue weighted by Crippen LogP contribution is -2.27. The van der Waals surface area contributed by atoms with Crippen molar-refractivity contribution >= 4 is 16.7 Å². The topological polar surface area (TPSA) is 70.4 Å². The van der Waals surface area contributed by atoms with Crippen LogP contribution in [0.15, 0.2) is 53.3 Å². The Bertz CT molecular complexity index is 961. The molecule has 0 radical (unpaired) electrons. The van der Waals surface area contributed by atoms with Gasteiger partial charge in [0.2, 0.25) is 0 Å². The van der Waals surface area contributed by atoms with E-state index in [1.807, 2.05) is 6.92 Å². The molecular formula is C19H18N2O4. The zero-order valence-corrected chi connectivity index (χ0v) is 14.1. The van der Waals surface area contributed by atoms with Crippen molar-refractivity contribution in [2.45, 2.75) is 19.9 Å². The van der Waals surface area contributed by atoms with E-state index in [0.29, 0.717) is 28.8 Å². The Balaban J connectivity index is 2.02. The normalized spacial score (nSPS) is 10.6. The van der Waals surface area contributed by atoms with Gasteiger partial charge in [-0.05, 0) is 36.8 Å². The van der Waals surface area contributed by atoms with Gasteiger partial charge in [0.05, 0.1) is 12.5 Å². The van der Waals surface area contributed by atoms with Crippen molar-refractivity contribution in [1.29, 1.82) is 0 Å². The van der Waals surface area contributed by atoms with Gasteiger partial charge in [-0.15, -0.1) is 0 Å². The Morgan fingerprint density at radius 3 is 2.32 bits per heavy atom. The number of fused-ring (bicyclic) bond motifs is 1. The van der Waals surface area contributed by atoms with Crippen LogP contribution in [0.4, 0.5) is 0 Å². The van der Waals surface area contributed by atoms with Crippen molar-refractivity contribution in [3.8, 4) is 11.5 Å². The number of nitrogens with zero attached hydrogens (tertiary/aromatic N) is 2. The Kier molecular flexibility index (Phi) is 4.79. The molecule has 0 aliphatic heterocycles. The van der Waals surface area contributed by atoms with E-state index in [-0.39, 0.29) is 11.3 Å². The highest BCUT2D eigenvalue weighted by Crippen LogP contribution is 2.20. The average molecular weight is 338 g/mol. The van der Waals surface area contributed by atoms with Crippen molar-refractivity contribution in [2.24, 2.45) is 0 Å². The second-order valence-corrected chi connectivity index (χ2v) is 5.49. The predicted molar refractivity (Wildman–Crippen MR) is 94.2 cm³/mol. The highest BCUT2D eigenvalue weighted by atomic mass is 16.5. The van der Waals surface area contributed by atoms with Crippen LogP contribution in [0.25, 0.3) is 10.8 Å². The zero-order chi connectivity index (χ0) is 17.8. The van der Waals surface area contributed by atoms with Crippen LogP contribution in [-0.2, 0) is 6.54 Å². The molecule has 128 valence electrons. The van der Waals surface area contributed by atoms with E-state index in [2.05, 4.69) is 5.10 Å². The minimum Gasteiger partial charge on any atom is -0.497 e. The summed E-state index contributed by atoms with van der Waals surface area (Å²) in [4.78, 5) is 25.1. The fourth-order valence-electron chi connectivity index (χ4n) is 2.55. The number of aromatic nitrogens is 2. The molecule has 0 atom stereocenters. The maximum atomic E-state index is 12.6. The second kappa shape index (κ2) is 7.17. The maximum Gasteiger partial charge on any atom is 0.364 e. The van der Waals surface area contributed by atoms with Gasteiger partial charge >= 0.3 is 5.97 Å². The van der Waals surface area contributed by atoms with E-state index in [4.69, 9.17) is 9.47 Å². The number of hydrogen-bond donors (Lipinski definition) is 0. The second-order valence-electron chi connectivity index (χ2n) is 5.49. The molecule has 25 heavy (non-hydrogen) atoms. The molecule has 6 heteroatoms. The molecule has 0 aliphatic carbocycles. The highest BCUT2D eigenvalue weighted by molar-refractivity contribution is 6.02. The SMILES string of the molecule is CCCn1nc(C(=O)Oc2ccc(OC)cc2)c2ccccc2c1=O. The zero-order valence-electron chi connectivity index (χ0n) is 14.1. The van der Waals surface area contributed by atoms with E-state index in [1.165, 1.54) is 4.68 Å². The number of carbonyl (C=O) groups is 1. The van der Waals surface area contributed by atoms with Crippen molar-refractivity contribution in [1.82, 2.24) is 9.78 Å². The molecule has 2 aromatic carbocycles. The molecule has 0 saturated heterocycles. The van der Waals surface area contributed by atoms with Crippen LogP contribution in [0.2, 0.25) is 0 Å². The van der Waals surface area contributed by atoms with Gasteiger partial charge in [-0.1, -0.05) is 25.1 Å². The van der Waals surface area contributed by atoms with Gasteiger partial charge in [0.1, 0.15) is 11.5 Å². The lowest BCUT2D eigenvalue weighted by atomic mass is 10.1. The first-order valence-corrected chi connectivity index (χ1v) is 8.00. The summed E-state index contributed by atoms with van der Waals surface area (Å²) < 4.78 is 11.8. The molecule has 0 spiro atoms. The van der Waals surface area contributed by atoms with Crippen LogP contribution in [0, 0.1) is 0 Å². The average Bonchev–Trinajstić information content (AvgIpc) is 2.65. The number of carbonyl (C=O) groups excluding carboxylic acids is 1. The summed E-state index contributed by atoms with van der Waals surface area (Å²) in [5.74, 6) is 0.441. The van der Waals surface area contributed by atoms with E-state index in [0.717, 1.165) is 6.42 Å². The van der Waals surface area contributed by atoms with Crippen LogP contribution in [0.1, 0.15) is 23.8 Å². The van der Waals surface area contributed by atoms with Crippen LogP contribution >= 0.6 is 0 Å². The van der Waals surface area contributed by atoms with Crippen molar-refractivity contribution < 1.29 is 14.3 Å². The molecule has 0 unspecified atom stereocenters. The van der Waals surface area contributed by atoms with E-state index >= 15 is 0 Å². The molecule has 1 aromatic heterocycles. The number of esters is 1. The van der Waals surface area contributed by atoms with E-state index < -0.39 is 5.97 Å². The van der Waals surface area contributed by atoms with Gasteiger partial charge < -0.3 is 9.47 Å². The van der Waals surface area contributed by atoms with Gasteiger partial charge in [-0.2, -0.15) is 5.10 Å². The molecule has 0 aliphatic rings.